The number of nitrogens with zero attached hydrogens (tertiary/aromatic N) is 2. The first kappa shape index (κ1) is 13.2. The topological polar surface area (TPSA) is 51.3 Å². The van der Waals surface area contributed by atoms with Gasteiger partial charge in [-0.2, -0.15) is 0 Å². The minimum atomic E-state index is -0.0255. The summed E-state index contributed by atoms with van der Waals surface area (Å²) in [5.41, 5.74) is 9.26. The van der Waals surface area contributed by atoms with Crippen molar-refractivity contribution < 1.29 is 4.79 Å². The number of rotatable bonds is 3. The zero-order valence-corrected chi connectivity index (χ0v) is 11.6. The van der Waals surface area contributed by atoms with Crippen molar-refractivity contribution in [3.8, 4) is 0 Å². The van der Waals surface area contributed by atoms with E-state index in [-0.39, 0.29) is 5.91 Å². The van der Waals surface area contributed by atoms with E-state index in [9.17, 15) is 4.79 Å². The van der Waals surface area contributed by atoms with E-state index >= 15 is 0 Å². The van der Waals surface area contributed by atoms with E-state index in [2.05, 4.69) is 0 Å². The molecule has 100 valence electrons. The van der Waals surface area contributed by atoms with Crippen molar-refractivity contribution in [1.29, 1.82) is 0 Å². The Morgan fingerprint density at radius 1 is 1.37 bits per heavy atom. The van der Waals surface area contributed by atoms with Gasteiger partial charge in [-0.15, -0.1) is 0 Å². The number of aryl methyl sites for hydroxylation is 2. The number of benzene rings is 1. The molecule has 2 rings (SSSR count). The summed E-state index contributed by atoms with van der Waals surface area (Å²) in [6, 6.07) is 9.78. The molecule has 0 saturated heterocycles. The standard InChI is InChI=1S/C15H19N3O/c1-11-6-4-5-7-12(11)9-18(3)15(19)14-8-13(16)10-17(14)2/h4-8,10H,9,16H2,1-3H3. The van der Waals surface area contributed by atoms with Crippen molar-refractivity contribution in [1.82, 2.24) is 9.47 Å². The lowest BCUT2D eigenvalue weighted by molar-refractivity contribution is 0.0775. The van der Waals surface area contributed by atoms with Gasteiger partial charge in [-0.1, -0.05) is 24.3 Å². The molecule has 1 aromatic heterocycles. The molecule has 0 atom stereocenters. The monoisotopic (exact) mass is 257 g/mol. The van der Waals surface area contributed by atoms with Gasteiger partial charge >= 0.3 is 0 Å². The normalized spacial score (nSPS) is 10.5. The van der Waals surface area contributed by atoms with Gasteiger partial charge in [0.15, 0.2) is 0 Å². The molecular formula is C15H19N3O. The van der Waals surface area contributed by atoms with Crippen LogP contribution in [-0.4, -0.2) is 22.4 Å². The van der Waals surface area contributed by atoms with Crippen molar-refractivity contribution >= 4 is 11.6 Å². The number of nitrogens with two attached hydrogens (primary N) is 1. The molecule has 1 aromatic carbocycles. The summed E-state index contributed by atoms with van der Waals surface area (Å²) in [7, 11) is 3.63. The number of aromatic nitrogens is 1. The molecule has 1 heterocycles. The van der Waals surface area contributed by atoms with Crippen LogP contribution in [0.25, 0.3) is 0 Å². The van der Waals surface area contributed by atoms with E-state index in [0.29, 0.717) is 17.9 Å². The Kier molecular flexibility index (Phi) is 3.60. The van der Waals surface area contributed by atoms with Crippen LogP contribution in [-0.2, 0) is 13.6 Å². The van der Waals surface area contributed by atoms with Gasteiger partial charge in [0.1, 0.15) is 5.69 Å². The summed E-state index contributed by atoms with van der Waals surface area (Å²) in [6.45, 7) is 2.64. The molecule has 0 radical (unpaired) electrons. The average Bonchev–Trinajstić information content (AvgIpc) is 2.70. The highest BCUT2D eigenvalue weighted by Crippen LogP contribution is 2.14. The molecule has 0 aliphatic carbocycles. The molecule has 0 saturated carbocycles. The second-order valence-corrected chi connectivity index (χ2v) is 4.86. The van der Waals surface area contributed by atoms with Crippen LogP contribution in [0.1, 0.15) is 21.6 Å². The van der Waals surface area contributed by atoms with Crippen LogP contribution in [0.4, 0.5) is 5.69 Å². The van der Waals surface area contributed by atoms with E-state index in [1.165, 1.54) is 5.56 Å². The van der Waals surface area contributed by atoms with Crippen LogP contribution in [0.3, 0.4) is 0 Å². The maximum Gasteiger partial charge on any atom is 0.270 e. The molecule has 4 nitrogen and oxygen atoms in total. The predicted molar refractivity (Wildman–Crippen MR) is 76.8 cm³/mol. The Bertz CT molecular complexity index is 601. The van der Waals surface area contributed by atoms with Gasteiger partial charge in [-0.05, 0) is 24.1 Å². The van der Waals surface area contributed by atoms with Gasteiger partial charge in [0.2, 0.25) is 0 Å². The van der Waals surface area contributed by atoms with Gasteiger partial charge in [0, 0.05) is 26.8 Å². The number of amides is 1. The van der Waals surface area contributed by atoms with Crippen LogP contribution in [0.2, 0.25) is 0 Å². The molecule has 0 aliphatic heterocycles. The first-order valence-electron chi connectivity index (χ1n) is 6.21. The zero-order chi connectivity index (χ0) is 14.0. The highest BCUT2D eigenvalue weighted by Gasteiger charge is 2.16. The van der Waals surface area contributed by atoms with E-state index < -0.39 is 0 Å². The Morgan fingerprint density at radius 3 is 2.63 bits per heavy atom. The largest absolute Gasteiger partial charge is 0.397 e. The third kappa shape index (κ3) is 2.78. The fourth-order valence-electron chi connectivity index (χ4n) is 2.11. The lowest BCUT2D eigenvalue weighted by Crippen LogP contribution is -2.28. The Balaban J connectivity index is 2.16. The molecule has 0 unspecified atom stereocenters. The molecule has 0 bridgehead atoms. The molecule has 4 heteroatoms. The average molecular weight is 257 g/mol. The predicted octanol–water partition coefficient (Wildman–Crippen LogP) is 2.19. The van der Waals surface area contributed by atoms with Crippen LogP contribution < -0.4 is 5.73 Å². The molecule has 0 aliphatic rings. The van der Waals surface area contributed by atoms with Crippen molar-refractivity contribution in [3.05, 3.63) is 53.3 Å². The van der Waals surface area contributed by atoms with Crippen molar-refractivity contribution in [2.75, 3.05) is 12.8 Å². The van der Waals surface area contributed by atoms with Crippen LogP contribution in [0.15, 0.2) is 36.5 Å². The molecule has 0 spiro atoms. The number of nitrogen functional groups attached to an aromatic ring is 1. The Morgan fingerprint density at radius 2 is 2.05 bits per heavy atom. The highest BCUT2D eigenvalue weighted by atomic mass is 16.2. The van der Waals surface area contributed by atoms with Crippen LogP contribution in [0.5, 0.6) is 0 Å². The van der Waals surface area contributed by atoms with E-state index in [1.54, 1.807) is 28.8 Å². The fourth-order valence-corrected chi connectivity index (χ4v) is 2.11. The molecule has 19 heavy (non-hydrogen) atoms. The van der Waals surface area contributed by atoms with Gasteiger partial charge in [0.05, 0.1) is 5.69 Å². The van der Waals surface area contributed by atoms with Gasteiger partial charge in [-0.25, -0.2) is 0 Å². The minimum Gasteiger partial charge on any atom is -0.397 e. The number of carbonyl (C=O) groups is 1. The molecule has 1 amide bonds. The second-order valence-electron chi connectivity index (χ2n) is 4.86. The third-order valence-electron chi connectivity index (χ3n) is 3.26. The second kappa shape index (κ2) is 5.18. The first-order chi connectivity index (χ1) is 8.99. The van der Waals surface area contributed by atoms with Gasteiger partial charge < -0.3 is 15.2 Å². The lowest BCUT2D eigenvalue weighted by atomic mass is 10.1. The first-order valence-corrected chi connectivity index (χ1v) is 6.21. The summed E-state index contributed by atoms with van der Waals surface area (Å²) < 4.78 is 1.76. The molecule has 0 fully saturated rings. The molecule has 2 aromatic rings. The number of hydrogen-bond acceptors (Lipinski definition) is 2. The molecular weight excluding hydrogens is 238 g/mol. The van der Waals surface area contributed by atoms with E-state index in [1.807, 2.05) is 38.2 Å². The quantitative estimate of drug-likeness (QED) is 0.916. The summed E-state index contributed by atoms with van der Waals surface area (Å²) >= 11 is 0. The Labute approximate surface area is 113 Å². The van der Waals surface area contributed by atoms with Crippen LogP contribution in [0, 0.1) is 6.92 Å². The third-order valence-corrected chi connectivity index (χ3v) is 3.26. The summed E-state index contributed by atoms with van der Waals surface area (Å²) in [6.07, 6.45) is 1.74. The van der Waals surface area contributed by atoms with E-state index in [4.69, 9.17) is 5.73 Å². The maximum absolute atomic E-state index is 12.3. The SMILES string of the molecule is Cc1ccccc1CN(C)C(=O)c1cc(N)cn1C. The van der Waals surface area contributed by atoms with Gasteiger partial charge in [0.25, 0.3) is 5.91 Å². The summed E-state index contributed by atoms with van der Waals surface area (Å²) in [4.78, 5) is 14.0. The summed E-state index contributed by atoms with van der Waals surface area (Å²) in [5, 5.41) is 0. The zero-order valence-electron chi connectivity index (χ0n) is 11.6. The highest BCUT2D eigenvalue weighted by molar-refractivity contribution is 5.93. The minimum absolute atomic E-state index is 0.0255. The lowest BCUT2D eigenvalue weighted by Gasteiger charge is -2.18. The van der Waals surface area contributed by atoms with Crippen molar-refractivity contribution in [2.45, 2.75) is 13.5 Å². The van der Waals surface area contributed by atoms with Crippen molar-refractivity contribution in [3.63, 3.8) is 0 Å². The number of anilines is 1. The fraction of sp³-hybridized carbons (Fsp3) is 0.267. The maximum atomic E-state index is 12.3. The van der Waals surface area contributed by atoms with Gasteiger partial charge in [-0.3, -0.25) is 4.79 Å². The van der Waals surface area contributed by atoms with Crippen molar-refractivity contribution in [2.24, 2.45) is 7.05 Å². The number of carbonyl (C=O) groups excluding carboxylic acids is 1. The Hall–Kier alpha value is -2.23. The number of hydrogen-bond donors (Lipinski definition) is 1. The molecule has 2 N–H and O–H groups in total. The van der Waals surface area contributed by atoms with E-state index in [0.717, 1.165) is 5.56 Å². The summed E-state index contributed by atoms with van der Waals surface area (Å²) in [5.74, 6) is -0.0255. The smallest absolute Gasteiger partial charge is 0.270 e. The van der Waals surface area contributed by atoms with Crippen LogP contribution >= 0.6 is 0 Å².